The molecule has 1 aliphatic carbocycles. The van der Waals surface area contributed by atoms with Gasteiger partial charge in [0.05, 0.1) is 17.5 Å². The van der Waals surface area contributed by atoms with Crippen molar-refractivity contribution in [2.75, 3.05) is 5.32 Å². The van der Waals surface area contributed by atoms with Crippen LogP contribution in [0, 0.1) is 24.6 Å². The van der Waals surface area contributed by atoms with E-state index in [1.54, 1.807) is 19.1 Å². The largest absolute Gasteiger partial charge is 0.481 e. The number of carbonyl (C=O) groups excluding carboxylic acids is 1. The Morgan fingerprint density at radius 2 is 2.00 bits per heavy atom. The van der Waals surface area contributed by atoms with Gasteiger partial charge in [0.15, 0.2) is 0 Å². The van der Waals surface area contributed by atoms with Gasteiger partial charge in [-0.1, -0.05) is 18.6 Å². The lowest BCUT2D eigenvalue weighted by molar-refractivity contribution is -0.145. The summed E-state index contributed by atoms with van der Waals surface area (Å²) in [4.78, 5) is 23.1. The van der Waals surface area contributed by atoms with Gasteiger partial charge in [-0.05, 0) is 31.4 Å². The quantitative estimate of drug-likeness (QED) is 0.882. The van der Waals surface area contributed by atoms with Crippen molar-refractivity contribution in [2.24, 2.45) is 11.8 Å². The normalized spacial score (nSPS) is 22.2. The first kappa shape index (κ1) is 13.5. The van der Waals surface area contributed by atoms with E-state index in [1.807, 2.05) is 0 Å². The second kappa shape index (κ2) is 5.38. The number of anilines is 1. The summed E-state index contributed by atoms with van der Waals surface area (Å²) in [5.74, 6) is -3.07. The molecule has 2 atom stereocenters. The fourth-order valence-corrected chi connectivity index (χ4v) is 2.54. The summed E-state index contributed by atoms with van der Waals surface area (Å²) in [6, 6.07) is 4.74. The smallest absolute Gasteiger partial charge is 0.307 e. The van der Waals surface area contributed by atoms with Gasteiger partial charge in [-0.15, -0.1) is 0 Å². The zero-order chi connectivity index (χ0) is 14.0. The molecule has 1 aliphatic rings. The standard InChI is InChI=1S/C14H16FNO3/c1-8-4-2-7-11(12(8)15)16-13(17)9-5-3-6-10(9)14(18)19/h2,4,7,9-10H,3,5-6H2,1H3,(H,16,17)(H,18,19). The number of hydrogen-bond acceptors (Lipinski definition) is 2. The molecule has 0 saturated heterocycles. The summed E-state index contributed by atoms with van der Waals surface area (Å²) in [5.41, 5.74) is 0.556. The monoisotopic (exact) mass is 265 g/mol. The number of hydrogen-bond donors (Lipinski definition) is 2. The lowest BCUT2D eigenvalue weighted by atomic mass is 9.95. The van der Waals surface area contributed by atoms with Gasteiger partial charge in [0.1, 0.15) is 5.82 Å². The van der Waals surface area contributed by atoms with Crippen LogP contribution in [0.1, 0.15) is 24.8 Å². The molecule has 1 aromatic carbocycles. The SMILES string of the molecule is Cc1cccc(NC(=O)C2CCCC2C(=O)O)c1F. The number of carboxylic acids is 1. The molecule has 1 fully saturated rings. The van der Waals surface area contributed by atoms with Gasteiger partial charge in [0.2, 0.25) is 5.91 Å². The molecule has 0 heterocycles. The first-order valence-corrected chi connectivity index (χ1v) is 6.29. The highest BCUT2D eigenvalue weighted by Gasteiger charge is 2.37. The predicted molar refractivity (Wildman–Crippen MR) is 68.2 cm³/mol. The molecular formula is C14H16FNO3. The van der Waals surface area contributed by atoms with E-state index in [2.05, 4.69) is 5.32 Å². The van der Waals surface area contributed by atoms with Crippen molar-refractivity contribution in [2.45, 2.75) is 26.2 Å². The third kappa shape index (κ3) is 2.75. The van der Waals surface area contributed by atoms with Crippen LogP contribution in [0.5, 0.6) is 0 Å². The molecule has 1 saturated carbocycles. The van der Waals surface area contributed by atoms with Crippen molar-refractivity contribution in [1.82, 2.24) is 0 Å². The Labute approximate surface area is 110 Å². The number of benzene rings is 1. The van der Waals surface area contributed by atoms with E-state index in [0.717, 1.165) is 0 Å². The fourth-order valence-electron chi connectivity index (χ4n) is 2.54. The Morgan fingerprint density at radius 1 is 1.32 bits per heavy atom. The molecule has 5 heteroatoms. The van der Waals surface area contributed by atoms with Crippen molar-refractivity contribution in [3.05, 3.63) is 29.6 Å². The van der Waals surface area contributed by atoms with E-state index < -0.39 is 29.5 Å². The Bertz CT molecular complexity index is 515. The van der Waals surface area contributed by atoms with Crippen molar-refractivity contribution in [3.8, 4) is 0 Å². The minimum atomic E-state index is -0.956. The van der Waals surface area contributed by atoms with Gasteiger partial charge in [-0.2, -0.15) is 0 Å². The summed E-state index contributed by atoms with van der Waals surface area (Å²) in [6.07, 6.45) is 1.76. The van der Waals surface area contributed by atoms with Gasteiger partial charge in [-0.3, -0.25) is 9.59 Å². The lowest BCUT2D eigenvalue weighted by Gasteiger charge is -2.16. The summed E-state index contributed by atoms with van der Waals surface area (Å²) >= 11 is 0. The molecule has 102 valence electrons. The Balaban J connectivity index is 2.13. The minimum Gasteiger partial charge on any atom is -0.481 e. The van der Waals surface area contributed by atoms with Crippen LogP contribution in [0.25, 0.3) is 0 Å². The molecule has 2 unspecified atom stereocenters. The maximum Gasteiger partial charge on any atom is 0.307 e. The van der Waals surface area contributed by atoms with Crippen LogP contribution in [0.15, 0.2) is 18.2 Å². The molecule has 4 nitrogen and oxygen atoms in total. The molecule has 2 rings (SSSR count). The predicted octanol–water partition coefficient (Wildman–Crippen LogP) is 2.57. The number of nitrogens with one attached hydrogen (secondary N) is 1. The van der Waals surface area contributed by atoms with Crippen LogP contribution in [0.2, 0.25) is 0 Å². The number of rotatable bonds is 3. The zero-order valence-corrected chi connectivity index (χ0v) is 10.6. The van der Waals surface area contributed by atoms with Crippen LogP contribution in [0.3, 0.4) is 0 Å². The molecule has 2 N–H and O–H groups in total. The number of aliphatic carboxylic acids is 1. The van der Waals surface area contributed by atoms with Gasteiger partial charge in [-0.25, -0.2) is 4.39 Å². The highest BCUT2D eigenvalue weighted by molar-refractivity contribution is 5.95. The third-order valence-corrected chi connectivity index (χ3v) is 3.62. The van der Waals surface area contributed by atoms with Crippen LogP contribution < -0.4 is 5.32 Å². The molecule has 1 aromatic rings. The summed E-state index contributed by atoms with van der Waals surface area (Å²) < 4.78 is 13.8. The van der Waals surface area contributed by atoms with E-state index in [9.17, 15) is 14.0 Å². The summed E-state index contributed by atoms with van der Waals surface area (Å²) in [5, 5.41) is 11.5. The second-order valence-electron chi connectivity index (χ2n) is 4.91. The maximum absolute atomic E-state index is 13.8. The lowest BCUT2D eigenvalue weighted by Crippen LogP contribution is -2.30. The average molecular weight is 265 g/mol. The highest BCUT2D eigenvalue weighted by Crippen LogP contribution is 2.33. The molecule has 19 heavy (non-hydrogen) atoms. The Hall–Kier alpha value is -1.91. The van der Waals surface area contributed by atoms with Crippen molar-refractivity contribution < 1.29 is 19.1 Å². The number of aryl methyl sites for hydroxylation is 1. The number of amides is 1. The highest BCUT2D eigenvalue weighted by atomic mass is 19.1. The van der Waals surface area contributed by atoms with Crippen LogP contribution in [-0.4, -0.2) is 17.0 Å². The first-order valence-electron chi connectivity index (χ1n) is 6.29. The van der Waals surface area contributed by atoms with Gasteiger partial charge in [0, 0.05) is 0 Å². The molecule has 0 aromatic heterocycles. The zero-order valence-electron chi connectivity index (χ0n) is 10.6. The third-order valence-electron chi connectivity index (χ3n) is 3.62. The van der Waals surface area contributed by atoms with Gasteiger partial charge in [0.25, 0.3) is 0 Å². The molecule has 1 amide bonds. The van der Waals surface area contributed by atoms with Crippen LogP contribution in [0.4, 0.5) is 10.1 Å². The average Bonchev–Trinajstić information content (AvgIpc) is 2.84. The topological polar surface area (TPSA) is 66.4 Å². The first-order chi connectivity index (χ1) is 9.00. The Kier molecular flexibility index (Phi) is 3.83. The van der Waals surface area contributed by atoms with Gasteiger partial charge >= 0.3 is 5.97 Å². The summed E-state index contributed by atoms with van der Waals surface area (Å²) in [7, 11) is 0. The van der Waals surface area contributed by atoms with Crippen molar-refractivity contribution in [3.63, 3.8) is 0 Å². The van der Waals surface area contributed by atoms with Crippen LogP contribution in [-0.2, 0) is 9.59 Å². The number of carboxylic acid groups (broad SMARTS) is 1. The number of carbonyl (C=O) groups is 2. The van der Waals surface area contributed by atoms with E-state index in [1.165, 1.54) is 6.07 Å². The molecule has 0 spiro atoms. The Morgan fingerprint density at radius 3 is 2.68 bits per heavy atom. The van der Waals surface area contributed by atoms with E-state index >= 15 is 0 Å². The molecular weight excluding hydrogens is 249 g/mol. The van der Waals surface area contributed by atoms with Crippen molar-refractivity contribution in [1.29, 1.82) is 0 Å². The number of halogens is 1. The van der Waals surface area contributed by atoms with E-state index in [0.29, 0.717) is 24.8 Å². The fraction of sp³-hybridized carbons (Fsp3) is 0.429. The van der Waals surface area contributed by atoms with E-state index in [4.69, 9.17) is 5.11 Å². The molecule has 0 radical (unpaired) electrons. The summed E-state index contributed by atoms with van der Waals surface area (Å²) in [6.45, 7) is 1.61. The second-order valence-corrected chi connectivity index (χ2v) is 4.91. The van der Waals surface area contributed by atoms with E-state index in [-0.39, 0.29) is 5.69 Å². The minimum absolute atomic E-state index is 0.112. The van der Waals surface area contributed by atoms with Crippen LogP contribution >= 0.6 is 0 Å². The molecule has 0 bridgehead atoms. The maximum atomic E-state index is 13.8. The molecule has 0 aliphatic heterocycles. The van der Waals surface area contributed by atoms with Gasteiger partial charge < -0.3 is 10.4 Å². The van der Waals surface area contributed by atoms with Crippen molar-refractivity contribution >= 4 is 17.6 Å².